The van der Waals surface area contributed by atoms with Crippen molar-refractivity contribution in [2.24, 2.45) is 5.92 Å². The van der Waals surface area contributed by atoms with Gasteiger partial charge < -0.3 is 9.47 Å². The summed E-state index contributed by atoms with van der Waals surface area (Å²) >= 11 is 0. The molecule has 0 atom stereocenters. The highest BCUT2D eigenvalue weighted by atomic mass is 19.1. The Morgan fingerprint density at radius 1 is 1.11 bits per heavy atom. The van der Waals surface area contributed by atoms with Crippen LogP contribution in [0.3, 0.4) is 0 Å². The van der Waals surface area contributed by atoms with Crippen molar-refractivity contribution in [3.63, 3.8) is 0 Å². The van der Waals surface area contributed by atoms with Crippen molar-refractivity contribution in [1.29, 1.82) is 0 Å². The van der Waals surface area contributed by atoms with E-state index in [1.165, 1.54) is 30.3 Å². The molecule has 0 bridgehead atoms. The van der Waals surface area contributed by atoms with E-state index in [4.69, 9.17) is 0 Å². The van der Waals surface area contributed by atoms with Crippen LogP contribution in [0, 0.1) is 17.6 Å². The lowest BCUT2D eigenvalue weighted by molar-refractivity contribution is 0.0715. The van der Waals surface area contributed by atoms with E-state index in [-0.39, 0.29) is 24.2 Å². The minimum atomic E-state index is -0.442. The molecule has 0 aliphatic heterocycles. The molecule has 0 aliphatic carbocycles. The molecule has 6 heteroatoms. The molecule has 0 N–H and O–H groups in total. The van der Waals surface area contributed by atoms with E-state index in [2.05, 4.69) is 4.98 Å². The minimum absolute atomic E-state index is 0.240. The Labute approximate surface area is 163 Å². The quantitative estimate of drug-likeness (QED) is 0.602. The first-order valence-electron chi connectivity index (χ1n) is 9.21. The average Bonchev–Trinajstić information content (AvgIpc) is 3.07. The predicted molar refractivity (Wildman–Crippen MR) is 104 cm³/mol. The molecule has 4 nitrogen and oxygen atoms in total. The summed E-state index contributed by atoms with van der Waals surface area (Å²) in [6, 6.07) is 12.1. The Kier molecular flexibility index (Phi) is 6.19. The van der Waals surface area contributed by atoms with Gasteiger partial charge >= 0.3 is 0 Å². The fourth-order valence-corrected chi connectivity index (χ4v) is 3.10. The van der Waals surface area contributed by atoms with Crippen molar-refractivity contribution in [2.75, 3.05) is 6.54 Å². The second-order valence-electron chi connectivity index (χ2n) is 7.19. The van der Waals surface area contributed by atoms with Crippen LogP contribution in [-0.4, -0.2) is 26.9 Å². The maximum atomic E-state index is 13.6. The number of imidazole rings is 1. The molecule has 1 amide bonds. The normalized spacial score (nSPS) is 11.0. The van der Waals surface area contributed by atoms with E-state index < -0.39 is 5.82 Å². The smallest absolute Gasteiger partial charge is 0.254 e. The SMILES string of the molecule is CC(C)CN(Cc1nccn1Cc1cccc(F)c1)C(=O)c1cccc(F)c1. The van der Waals surface area contributed by atoms with Gasteiger partial charge in [-0.3, -0.25) is 4.79 Å². The van der Waals surface area contributed by atoms with Crippen molar-refractivity contribution in [2.45, 2.75) is 26.9 Å². The Morgan fingerprint density at radius 2 is 1.82 bits per heavy atom. The van der Waals surface area contributed by atoms with Crippen molar-refractivity contribution < 1.29 is 13.6 Å². The zero-order valence-corrected chi connectivity index (χ0v) is 16.0. The molecule has 0 unspecified atom stereocenters. The van der Waals surface area contributed by atoms with E-state index in [9.17, 15) is 13.6 Å². The first-order chi connectivity index (χ1) is 13.4. The summed E-state index contributed by atoms with van der Waals surface area (Å²) < 4.78 is 28.9. The number of aromatic nitrogens is 2. The third kappa shape index (κ3) is 5.03. The maximum Gasteiger partial charge on any atom is 0.254 e. The Morgan fingerprint density at radius 3 is 2.50 bits per heavy atom. The van der Waals surface area contributed by atoms with Crippen molar-refractivity contribution >= 4 is 5.91 Å². The predicted octanol–water partition coefficient (Wildman–Crippen LogP) is 4.51. The number of halogens is 2. The molecule has 146 valence electrons. The zero-order chi connectivity index (χ0) is 20.1. The first kappa shape index (κ1) is 19.7. The van der Waals surface area contributed by atoms with Crippen LogP contribution in [0.2, 0.25) is 0 Å². The number of benzene rings is 2. The molecule has 0 saturated heterocycles. The van der Waals surface area contributed by atoms with Gasteiger partial charge in [0, 0.05) is 31.0 Å². The number of carbonyl (C=O) groups is 1. The second kappa shape index (κ2) is 8.78. The lowest BCUT2D eigenvalue weighted by Gasteiger charge is -2.25. The van der Waals surface area contributed by atoms with Crippen molar-refractivity contribution in [3.05, 3.63) is 89.5 Å². The van der Waals surface area contributed by atoms with Crippen molar-refractivity contribution in [1.82, 2.24) is 14.5 Å². The van der Waals surface area contributed by atoms with Gasteiger partial charge in [0.25, 0.3) is 5.91 Å². The van der Waals surface area contributed by atoms with Crippen LogP contribution in [0.5, 0.6) is 0 Å². The molecule has 0 aliphatic rings. The number of amides is 1. The number of carbonyl (C=O) groups excluding carboxylic acids is 1. The number of rotatable bonds is 7. The van der Waals surface area contributed by atoms with Crippen LogP contribution in [0.15, 0.2) is 60.9 Å². The van der Waals surface area contributed by atoms with E-state index in [0.29, 0.717) is 24.5 Å². The van der Waals surface area contributed by atoms with Gasteiger partial charge in [0.2, 0.25) is 0 Å². The van der Waals surface area contributed by atoms with E-state index >= 15 is 0 Å². The summed E-state index contributed by atoms with van der Waals surface area (Å²) in [5.41, 5.74) is 1.12. The molecule has 0 radical (unpaired) electrons. The van der Waals surface area contributed by atoms with Crippen LogP contribution >= 0.6 is 0 Å². The molecule has 1 heterocycles. The van der Waals surface area contributed by atoms with Gasteiger partial charge in [-0.15, -0.1) is 0 Å². The second-order valence-corrected chi connectivity index (χ2v) is 7.19. The molecule has 2 aromatic carbocycles. The highest BCUT2D eigenvalue weighted by Gasteiger charge is 2.20. The van der Waals surface area contributed by atoms with Gasteiger partial charge in [0.1, 0.15) is 17.5 Å². The zero-order valence-electron chi connectivity index (χ0n) is 16.0. The third-order valence-electron chi connectivity index (χ3n) is 4.32. The topological polar surface area (TPSA) is 38.1 Å². The Hall–Kier alpha value is -3.02. The van der Waals surface area contributed by atoms with Crippen LogP contribution in [0.4, 0.5) is 8.78 Å². The number of nitrogens with zero attached hydrogens (tertiary/aromatic N) is 3. The van der Waals surface area contributed by atoms with Crippen LogP contribution < -0.4 is 0 Å². The number of hydrogen-bond acceptors (Lipinski definition) is 2. The fraction of sp³-hybridized carbons (Fsp3) is 0.273. The largest absolute Gasteiger partial charge is 0.331 e. The van der Waals surface area contributed by atoms with Gasteiger partial charge in [0.15, 0.2) is 0 Å². The summed E-state index contributed by atoms with van der Waals surface area (Å²) in [6.07, 6.45) is 3.47. The summed E-state index contributed by atoms with van der Waals surface area (Å²) in [6.45, 7) is 5.30. The molecule has 3 rings (SSSR count). The minimum Gasteiger partial charge on any atom is -0.331 e. The summed E-state index contributed by atoms with van der Waals surface area (Å²) in [7, 11) is 0. The average molecular weight is 383 g/mol. The standard InChI is InChI=1S/C22H23F2N3O/c1-16(2)13-27(22(28)18-6-4-8-20(24)12-18)15-21-25-9-10-26(21)14-17-5-3-7-19(23)11-17/h3-12,16H,13-15H2,1-2H3. The Balaban J connectivity index is 1.82. The van der Waals surface area contributed by atoms with Crippen molar-refractivity contribution in [3.8, 4) is 0 Å². The van der Waals surface area contributed by atoms with Crippen LogP contribution in [-0.2, 0) is 13.1 Å². The third-order valence-corrected chi connectivity index (χ3v) is 4.32. The molecule has 1 aromatic heterocycles. The lowest BCUT2D eigenvalue weighted by atomic mass is 10.1. The summed E-state index contributed by atoms with van der Waals surface area (Å²) in [5.74, 6) is -0.0443. The lowest BCUT2D eigenvalue weighted by Crippen LogP contribution is -2.34. The highest BCUT2D eigenvalue weighted by Crippen LogP contribution is 2.14. The molecule has 28 heavy (non-hydrogen) atoms. The number of hydrogen-bond donors (Lipinski definition) is 0. The molecular formula is C22H23F2N3O. The van der Waals surface area contributed by atoms with Gasteiger partial charge in [0.05, 0.1) is 6.54 Å². The monoisotopic (exact) mass is 383 g/mol. The van der Waals surface area contributed by atoms with Crippen LogP contribution in [0.25, 0.3) is 0 Å². The van der Waals surface area contributed by atoms with E-state index in [1.807, 2.05) is 24.5 Å². The molecule has 0 saturated carbocycles. The van der Waals surface area contributed by atoms with Crippen LogP contribution in [0.1, 0.15) is 35.6 Å². The van der Waals surface area contributed by atoms with E-state index in [1.54, 1.807) is 29.4 Å². The molecule has 3 aromatic rings. The molecular weight excluding hydrogens is 360 g/mol. The fourth-order valence-electron chi connectivity index (χ4n) is 3.10. The van der Waals surface area contributed by atoms with E-state index in [0.717, 1.165) is 5.56 Å². The van der Waals surface area contributed by atoms with Gasteiger partial charge in [-0.1, -0.05) is 32.0 Å². The Bertz CT molecular complexity index is 952. The summed E-state index contributed by atoms with van der Waals surface area (Å²) in [4.78, 5) is 19.0. The molecule has 0 spiro atoms. The maximum absolute atomic E-state index is 13.6. The highest BCUT2D eigenvalue weighted by molar-refractivity contribution is 5.94. The van der Waals surface area contributed by atoms with Gasteiger partial charge in [-0.05, 0) is 41.8 Å². The first-order valence-corrected chi connectivity index (χ1v) is 9.21. The van der Waals surface area contributed by atoms with Gasteiger partial charge in [-0.25, -0.2) is 13.8 Å². The summed E-state index contributed by atoms with van der Waals surface area (Å²) in [5, 5.41) is 0. The molecule has 0 fully saturated rings. The van der Waals surface area contributed by atoms with Gasteiger partial charge in [-0.2, -0.15) is 0 Å².